The van der Waals surface area contributed by atoms with Crippen LogP contribution in [-0.2, 0) is 0 Å². The fraction of sp³-hybridized carbons (Fsp3) is 0.190. The molecule has 0 aliphatic heterocycles. The van der Waals surface area contributed by atoms with Crippen LogP contribution < -0.4 is 24.3 Å². The van der Waals surface area contributed by atoms with E-state index in [1.807, 2.05) is 43.3 Å². The zero-order valence-corrected chi connectivity index (χ0v) is 17.0. The molecule has 0 unspecified atom stereocenters. The lowest BCUT2D eigenvalue weighted by molar-refractivity contribution is 0.340. The second kappa shape index (κ2) is 7.92. The van der Waals surface area contributed by atoms with Crippen molar-refractivity contribution < 1.29 is 14.2 Å². The fourth-order valence-electron chi connectivity index (χ4n) is 2.90. The van der Waals surface area contributed by atoms with Crippen LogP contribution in [0.25, 0.3) is 22.4 Å². The number of fused-ring (bicyclic) bond motifs is 1. The normalized spacial score (nSPS) is 11.8. The molecular formula is C21H19N3O4S. The molecule has 0 amide bonds. The summed E-state index contributed by atoms with van der Waals surface area (Å²) in [6, 6.07) is 12.9. The summed E-state index contributed by atoms with van der Waals surface area (Å²) in [5, 5.41) is 4.38. The molecule has 0 radical (unpaired) electrons. The molecule has 0 fully saturated rings. The Bertz CT molecular complexity index is 1260. The minimum Gasteiger partial charge on any atom is -0.497 e. The molecule has 0 saturated carbocycles. The van der Waals surface area contributed by atoms with Gasteiger partial charge in [0.25, 0.3) is 5.56 Å². The van der Waals surface area contributed by atoms with Gasteiger partial charge >= 0.3 is 0 Å². The van der Waals surface area contributed by atoms with Gasteiger partial charge < -0.3 is 14.2 Å². The number of methoxy groups -OCH3 is 2. The van der Waals surface area contributed by atoms with Gasteiger partial charge in [0.05, 0.1) is 25.4 Å². The van der Waals surface area contributed by atoms with E-state index in [2.05, 4.69) is 10.1 Å². The van der Waals surface area contributed by atoms with Crippen molar-refractivity contribution in [3.05, 3.63) is 62.9 Å². The Hall–Kier alpha value is -3.39. The molecule has 4 aromatic rings. The largest absolute Gasteiger partial charge is 0.497 e. The molecular weight excluding hydrogens is 390 g/mol. The molecule has 0 atom stereocenters. The Labute approximate surface area is 170 Å². The van der Waals surface area contributed by atoms with E-state index in [0.717, 1.165) is 16.9 Å². The van der Waals surface area contributed by atoms with Crippen molar-refractivity contribution in [3.8, 4) is 28.6 Å². The van der Waals surface area contributed by atoms with E-state index in [1.54, 1.807) is 26.4 Å². The zero-order chi connectivity index (χ0) is 20.4. The van der Waals surface area contributed by atoms with E-state index >= 15 is 0 Å². The molecule has 8 heteroatoms. The van der Waals surface area contributed by atoms with Crippen LogP contribution in [0.5, 0.6) is 17.2 Å². The van der Waals surface area contributed by atoms with Gasteiger partial charge in [0.15, 0.2) is 5.82 Å². The van der Waals surface area contributed by atoms with Crippen LogP contribution in [0.3, 0.4) is 0 Å². The lowest BCUT2D eigenvalue weighted by Crippen LogP contribution is -2.23. The van der Waals surface area contributed by atoms with Crippen molar-refractivity contribution in [2.24, 2.45) is 0 Å². The van der Waals surface area contributed by atoms with Crippen molar-refractivity contribution in [3.63, 3.8) is 0 Å². The first-order valence-corrected chi connectivity index (χ1v) is 9.81. The van der Waals surface area contributed by atoms with E-state index in [0.29, 0.717) is 33.4 Å². The van der Waals surface area contributed by atoms with Crippen molar-refractivity contribution >= 4 is 22.4 Å². The highest BCUT2D eigenvalue weighted by molar-refractivity contribution is 7.15. The number of hydrogen-bond acceptors (Lipinski definition) is 7. The molecule has 148 valence electrons. The fourth-order valence-corrected chi connectivity index (χ4v) is 3.80. The Morgan fingerprint density at radius 3 is 2.48 bits per heavy atom. The van der Waals surface area contributed by atoms with Crippen molar-refractivity contribution in [2.45, 2.75) is 6.92 Å². The smallest absolute Gasteiger partial charge is 0.291 e. The highest BCUT2D eigenvalue weighted by atomic mass is 32.1. The number of nitrogens with zero attached hydrogens (tertiary/aromatic N) is 3. The van der Waals surface area contributed by atoms with Gasteiger partial charge in [-0.2, -0.15) is 9.50 Å². The molecule has 7 nitrogen and oxygen atoms in total. The molecule has 2 aromatic heterocycles. The predicted molar refractivity (Wildman–Crippen MR) is 112 cm³/mol. The average Bonchev–Trinajstić information content (AvgIpc) is 3.28. The summed E-state index contributed by atoms with van der Waals surface area (Å²) in [6.45, 7) is 2.54. The minimum absolute atomic E-state index is 0.215. The number of ether oxygens (including phenoxy) is 3. The monoisotopic (exact) mass is 409 g/mol. The van der Waals surface area contributed by atoms with Crippen LogP contribution in [0, 0.1) is 0 Å². The minimum atomic E-state index is -0.215. The second-order valence-corrected chi connectivity index (χ2v) is 7.12. The summed E-state index contributed by atoms with van der Waals surface area (Å²) >= 11 is 1.28. The zero-order valence-electron chi connectivity index (χ0n) is 16.2. The van der Waals surface area contributed by atoms with Gasteiger partial charge in [-0.15, -0.1) is 5.10 Å². The molecule has 0 N–H and O–H groups in total. The summed E-state index contributed by atoms with van der Waals surface area (Å²) in [6.07, 6.45) is 1.78. The summed E-state index contributed by atoms with van der Waals surface area (Å²) in [7, 11) is 3.17. The molecule has 0 aliphatic carbocycles. The third-order valence-electron chi connectivity index (χ3n) is 4.33. The van der Waals surface area contributed by atoms with Gasteiger partial charge in [0, 0.05) is 17.2 Å². The van der Waals surface area contributed by atoms with Gasteiger partial charge in [0.2, 0.25) is 4.96 Å². The van der Waals surface area contributed by atoms with E-state index in [-0.39, 0.29) is 5.56 Å². The van der Waals surface area contributed by atoms with E-state index < -0.39 is 0 Å². The van der Waals surface area contributed by atoms with Crippen LogP contribution in [0.1, 0.15) is 12.5 Å². The molecule has 0 bridgehead atoms. The van der Waals surface area contributed by atoms with Crippen LogP contribution in [0.15, 0.2) is 47.3 Å². The molecule has 2 heterocycles. The highest BCUT2D eigenvalue weighted by Gasteiger charge is 2.13. The third kappa shape index (κ3) is 3.66. The first kappa shape index (κ1) is 18.9. The lowest BCUT2D eigenvalue weighted by Gasteiger charge is -2.06. The van der Waals surface area contributed by atoms with Gasteiger partial charge in [-0.05, 0) is 49.4 Å². The van der Waals surface area contributed by atoms with E-state index in [4.69, 9.17) is 14.2 Å². The predicted octanol–water partition coefficient (Wildman–Crippen LogP) is 2.78. The van der Waals surface area contributed by atoms with Gasteiger partial charge in [-0.25, -0.2) is 0 Å². The Morgan fingerprint density at radius 1 is 1.07 bits per heavy atom. The Balaban J connectivity index is 1.72. The molecule has 4 rings (SSSR count). The molecule has 0 saturated heterocycles. The van der Waals surface area contributed by atoms with Gasteiger partial charge in [0.1, 0.15) is 17.2 Å². The molecule has 2 aromatic carbocycles. The number of benzene rings is 2. The first-order valence-electron chi connectivity index (χ1n) is 8.99. The number of thiazole rings is 1. The van der Waals surface area contributed by atoms with E-state index in [1.165, 1.54) is 15.9 Å². The second-order valence-electron chi connectivity index (χ2n) is 6.11. The molecule has 29 heavy (non-hydrogen) atoms. The van der Waals surface area contributed by atoms with Gasteiger partial charge in [-0.1, -0.05) is 11.3 Å². The SMILES string of the molecule is CCOc1ccc(-c2nc3s/c(=C\c4ccc(OC)cc4OC)c(=O)n3n2)cc1. The molecule has 0 spiro atoms. The topological polar surface area (TPSA) is 75.0 Å². The summed E-state index contributed by atoms with van der Waals surface area (Å²) < 4.78 is 17.9. The number of hydrogen-bond donors (Lipinski definition) is 0. The standard InChI is InChI=1S/C21H19N3O4S/c1-4-28-15-8-5-13(6-9-15)19-22-21-24(23-19)20(25)18(29-21)11-14-7-10-16(26-2)12-17(14)27-3/h5-12H,4H2,1-3H3/b18-11-. The average molecular weight is 409 g/mol. The third-order valence-corrected chi connectivity index (χ3v) is 5.29. The Morgan fingerprint density at radius 2 is 1.83 bits per heavy atom. The maximum atomic E-state index is 12.8. The summed E-state index contributed by atoms with van der Waals surface area (Å²) in [5.41, 5.74) is 1.39. The van der Waals surface area contributed by atoms with Crippen molar-refractivity contribution in [1.29, 1.82) is 0 Å². The van der Waals surface area contributed by atoms with Crippen LogP contribution in [0.4, 0.5) is 0 Å². The number of aromatic nitrogens is 3. The molecule has 0 aliphatic rings. The summed E-state index contributed by atoms with van der Waals surface area (Å²) in [4.78, 5) is 17.8. The maximum absolute atomic E-state index is 12.8. The van der Waals surface area contributed by atoms with E-state index in [9.17, 15) is 4.79 Å². The van der Waals surface area contributed by atoms with Crippen LogP contribution >= 0.6 is 11.3 Å². The maximum Gasteiger partial charge on any atom is 0.291 e. The van der Waals surface area contributed by atoms with Gasteiger partial charge in [-0.3, -0.25) is 4.79 Å². The quantitative estimate of drug-likeness (QED) is 0.488. The summed E-state index contributed by atoms with van der Waals surface area (Å²) in [5.74, 6) is 2.60. The van der Waals surface area contributed by atoms with Crippen molar-refractivity contribution in [1.82, 2.24) is 14.6 Å². The first-order chi connectivity index (χ1) is 14.1. The highest BCUT2D eigenvalue weighted by Crippen LogP contribution is 2.25. The Kier molecular flexibility index (Phi) is 5.18. The van der Waals surface area contributed by atoms with Crippen LogP contribution in [-0.4, -0.2) is 35.4 Å². The van der Waals surface area contributed by atoms with Crippen LogP contribution in [0.2, 0.25) is 0 Å². The van der Waals surface area contributed by atoms with Crippen molar-refractivity contribution in [2.75, 3.05) is 20.8 Å². The lowest BCUT2D eigenvalue weighted by atomic mass is 10.2. The number of rotatable bonds is 6.